The van der Waals surface area contributed by atoms with Crippen molar-refractivity contribution in [2.24, 2.45) is 5.73 Å². The van der Waals surface area contributed by atoms with E-state index in [1.54, 1.807) is 0 Å². The van der Waals surface area contributed by atoms with Crippen LogP contribution in [0, 0.1) is 0 Å². The highest BCUT2D eigenvalue weighted by atomic mass is 16.5. The SMILES string of the molecule is CCCOc1ccc(C(O)C(CCN)NC)c(CC)c1. The average molecular weight is 280 g/mol. The summed E-state index contributed by atoms with van der Waals surface area (Å²) in [5.74, 6) is 0.875. The average Bonchev–Trinajstić information content (AvgIpc) is 2.49. The summed E-state index contributed by atoms with van der Waals surface area (Å²) in [6, 6.07) is 5.91. The van der Waals surface area contributed by atoms with Crippen molar-refractivity contribution in [3.8, 4) is 5.75 Å². The van der Waals surface area contributed by atoms with Crippen LogP contribution in [0.5, 0.6) is 5.75 Å². The van der Waals surface area contributed by atoms with Gasteiger partial charge in [-0.05, 0) is 56.1 Å². The Labute approximate surface area is 122 Å². The fraction of sp³-hybridized carbons (Fsp3) is 0.625. The second-order valence-electron chi connectivity index (χ2n) is 4.98. The molecule has 4 nitrogen and oxygen atoms in total. The Bertz CT molecular complexity index is 396. The topological polar surface area (TPSA) is 67.5 Å². The lowest BCUT2D eigenvalue weighted by atomic mass is 9.94. The van der Waals surface area contributed by atoms with E-state index in [4.69, 9.17) is 10.5 Å². The number of aliphatic hydroxyl groups excluding tert-OH is 1. The van der Waals surface area contributed by atoms with Crippen molar-refractivity contribution >= 4 is 0 Å². The molecule has 0 saturated carbocycles. The first-order valence-electron chi connectivity index (χ1n) is 7.48. The van der Waals surface area contributed by atoms with Crippen molar-refractivity contribution in [3.05, 3.63) is 29.3 Å². The molecule has 4 N–H and O–H groups in total. The van der Waals surface area contributed by atoms with Gasteiger partial charge in [-0.3, -0.25) is 0 Å². The van der Waals surface area contributed by atoms with Gasteiger partial charge in [0.25, 0.3) is 0 Å². The quantitative estimate of drug-likeness (QED) is 0.647. The van der Waals surface area contributed by atoms with Gasteiger partial charge >= 0.3 is 0 Å². The molecule has 0 aromatic heterocycles. The summed E-state index contributed by atoms with van der Waals surface area (Å²) in [4.78, 5) is 0. The van der Waals surface area contributed by atoms with Crippen LogP contribution in [0.25, 0.3) is 0 Å². The molecule has 0 heterocycles. The minimum atomic E-state index is -0.543. The molecule has 114 valence electrons. The molecule has 0 radical (unpaired) electrons. The predicted octanol–water partition coefficient (Wildman–Crippen LogP) is 2.01. The maximum Gasteiger partial charge on any atom is 0.119 e. The van der Waals surface area contributed by atoms with Gasteiger partial charge in [0.1, 0.15) is 5.75 Å². The maximum absolute atomic E-state index is 10.5. The van der Waals surface area contributed by atoms with E-state index in [1.165, 1.54) is 0 Å². The molecule has 0 saturated heterocycles. The molecule has 0 amide bonds. The molecule has 0 aliphatic carbocycles. The molecule has 1 rings (SSSR count). The largest absolute Gasteiger partial charge is 0.494 e. The van der Waals surface area contributed by atoms with Crippen molar-refractivity contribution in [2.75, 3.05) is 20.2 Å². The lowest BCUT2D eigenvalue weighted by Gasteiger charge is -2.24. The molecular weight excluding hydrogens is 252 g/mol. The number of aliphatic hydroxyl groups is 1. The van der Waals surface area contributed by atoms with Gasteiger partial charge in [0.05, 0.1) is 12.7 Å². The third-order valence-corrected chi connectivity index (χ3v) is 3.52. The smallest absolute Gasteiger partial charge is 0.119 e. The van der Waals surface area contributed by atoms with Crippen LogP contribution in [0.4, 0.5) is 0 Å². The molecule has 0 bridgehead atoms. The highest BCUT2D eigenvalue weighted by Crippen LogP contribution is 2.26. The zero-order chi connectivity index (χ0) is 15.0. The van der Waals surface area contributed by atoms with E-state index >= 15 is 0 Å². The summed E-state index contributed by atoms with van der Waals surface area (Å²) in [6.07, 6.45) is 2.06. The van der Waals surface area contributed by atoms with E-state index in [2.05, 4.69) is 19.2 Å². The van der Waals surface area contributed by atoms with Gasteiger partial charge in [0.2, 0.25) is 0 Å². The predicted molar refractivity (Wildman–Crippen MR) is 83.1 cm³/mol. The van der Waals surface area contributed by atoms with Gasteiger partial charge in [-0.1, -0.05) is 19.9 Å². The first kappa shape index (κ1) is 17.0. The highest BCUT2D eigenvalue weighted by molar-refractivity contribution is 5.37. The first-order chi connectivity index (χ1) is 9.67. The standard InChI is InChI=1S/C16H28N2O2/c1-4-10-20-13-6-7-14(12(5-2)11-13)16(19)15(18-3)8-9-17/h6-7,11,15-16,18-19H,4-5,8-10,17H2,1-3H3. The van der Waals surface area contributed by atoms with Crippen LogP contribution >= 0.6 is 0 Å². The number of rotatable bonds is 9. The third-order valence-electron chi connectivity index (χ3n) is 3.52. The normalized spacial score (nSPS) is 14.1. The van der Waals surface area contributed by atoms with E-state index in [0.29, 0.717) is 6.54 Å². The Hall–Kier alpha value is -1.10. The zero-order valence-electron chi connectivity index (χ0n) is 12.9. The van der Waals surface area contributed by atoms with E-state index < -0.39 is 6.10 Å². The number of ether oxygens (including phenoxy) is 1. The Morgan fingerprint density at radius 1 is 1.35 bits per heavy atom. The Kier molecular flexibility index (Phi) is 7.59. The molecule has 20 heavy (non-hydrogen) atoms. The lowest BCUT2D eigenvalue weighted by Crippen LogP contribution is -2.34. The summed E-state index contributed by atoms with van der Waals surface area (Å²) >= 11 is 0. The molecule has 0 spiro atoms. The molecule has 0 aliphatic rings. The van der Waals surface area contributed by atoms with Crippen LogP contribution in [0.15, 0.2) is 18.2 Å². The number of benzene rings is 1. The molecule has 2 atom stereocenters. The fourth-order valence-electron chi connectivity index (χ4n) is 2.34. The van der Waals surface area contributed by atoms with Crippen LogP contribution < -0.4 is 15.8 Å². The number of nitrogens with one attached hydrogen (secondary N) is 1. The van der Waals surface area contributed by atoms with Crippen LogP contribution in [0.3, 0.4) is 0 Å². The minimum Gasteiger partial charge on any atom is -0.494 e. The van der Waals surface area contributed by atoms with Gasteiger partial charge in [-0.25, -0.2) is 0 Å². The van der Waals surface area contributed by atoms with Crippen LogP contribution in [-0.4, -0.2) is 31.3 Å². The second kappa shape index (κ2) is 8.95. The lowest BCUT2D eigenvalue weighted by molar-refractivity contribution is 0.128. The molecular formula is C16H28N2O2. The van der Waals surface area contributed by atoms with E-state index in [1.807, 2.05) is 25.2 Å². The van der Waals surface area contributed by atoms with Crippen LogP contribution in [0.1, 0.15) is 43.9 Å². The highest BCUT2D eigenvalue weighted by Gasteiger charge is 2.21. The molecule has 2 unspecified atom stereocenters. The summed E-state index contributed by atoms with van der Waals surface area (Å²) in [6.45, 7) is 5.45. The number of nitrogens with two attached hydrogens (primary N) is 1. The molecule has 0 fully saturated rings. The Morgan fingerprint density at radius 3 is 2.65 bits per heavy atom. The van der Waals surface area contributed by atoms with Crippen molar-refractivity contribution in [2.45, 2.75) is 45.3 Å². The van der Waals surface area contributed by atoms with Gasteiger partial charge in [-0.15, -0.1) is 0 Å². The van der Waals surface area contributed by atoms with Gasteiger partial charge in [-0.2, -0.15) is 0 Å². The van der Waals surface area contributed by atoms with Crippen LogP contribution in [-0.2, 0) is 6.42 Å². The van der Waals surface area contributed by atoms with Crippen molar-refractivity contribution in [1.29, 1.82) is 0 Å². The van der Waals surface area contributed by atoms with E-state index in [9.17, 15) is 5.11 Å². The number of hydrogen-bond donors (Lipinski definition) is 3. The molecule has 1 aromatic rings. The minimum absolute atomic E-state index is 0.0206. The summed E-state index contributed by atoms with van der Waals surface area (Å²) < 4.78 is 5.65. The van der Waals surface area contributed by atoms with Crippen molar-refractivity contribution < 1.29 is 9.84 Å². The van der Waals surface area contributed by atoms with E-state index in [0.717, 1.165) is 42.7 Å². The first-order valence-corrected chi connectivity index (χ1v) is 7.48. The van der Waals surface area contributed by atoms with Crippen molar-refractivity contribution in [1.82, 2.24) is 5.32 Å². The monoisotopic (exact) mass is 280 g/mol. The summed E-state index contributed by atoms with van der Waals surface area (Å²) in [7, 11) is 1.86. The van der Waals surface area contributed by atoms with Gasteiger partial charge in [0.15, 0.2) is 0 Å². The fourth-order valence-corrected chi connectivity index (χ4v) is 2.34. The third kappa shape index (κ3) is 4.47. The Balaban J connectivity index is 2.92. The maximum atomic E-state index is 10.5. The Morgan fingerprint density at radius 2 is 2.10 bits per heavy atom. The second-order valence-corrected chi connectivity index (χ2v) is 4.98. The molecule has 1 aromatic carbocycles. The number of likely N-dealkylation sites (N-methyl/N-ethyl adjacent to an activating group) is 1. The van der Waals surface area contributed by atoms with Crippen LogP contribution in [0.2, 0.25) is 0 Å². The summed E-state index contributed by atoms with van der Waals surface area (Å²) in [5.41, 5.74) is 7.69. The van der Waals surface area contributed by atoms with E-state index in [-0.39, 0.29) is 6.04 Å². The molecule has 4 heteroatoms. The van der Waals surface area contributed by atoms with Gasteiger partial charge < -0.3 is 20.9 Å². The molecule has 0 aliphatic heterocycles. The number of hydrogen-bond acceptors (Lipinski definition) is 4. The van der Waals surface area contributed by atoms with Gasteiger partial charge in [0, 0.05) is 6.04 Å². The zero-order valence-corrected chi connectivity index (χ0v) is 12.9. The summed E-state index contributed by atoms with van der Waals surface area (Å²) in [5, 5.41) is 13.7. The van der Waals surface area contributed by atoms with Crippen molar-refractivity contribution in [3.63, 3.8) is 0 Å². The number of aryl methyl sites for hydroxylation is 1.